The van der Waals surface area contributed by atoms with Crippen LogP contribution in [0.25, 0.3) is 11.0 Å². The molecule has 4 nitrogen and oxygen atoms in total. The minimum atomic E-state index is -4.48. The molecule has 0 saturated heterocycles. The lowest BCUT2D eigenvalue weighted by Gasteiger charge is -2.47. The predicted octanol–water partition coefficient (Wildman–Crippen LogP) is 5.84. The number of halogens is 3. The van der Waals surface area contributed by atoms with Crippen molar-refractivity contribution in [2.75, 3.05) is 12.9 Å². The van der Waals surface area contributed by atoms with Crippen LogP contribution in [-0.4, -0.2) is 35.0 Å². The summed E-state index contributed by atoms with van der Waals surface area (Å²) in [5.74, 6) is -0.216. The van der Waals surface area contributed by atoms with Crippen molar-refractivity contribution in [1.82, 2.24) is 0 Å². The third-order valence-electron chi connectivity index (χ3n) is 5.13. The molecule has 9 heteroatoms. The zero-order valence-electron chi connectivity index (χ0n) is 16.2. The monoisotopic (exact) mass is 446 g/mol. The summed E-state index contributed by atoms with van der Waals surface area (Å²) in [7, 11) is 0. The van der Waals surface area contributed by atoms with Crippen LogP contribution < -0.4 is 0 Å². The maximum Gasteiger partial charge on any atom is 0.428 e. The van der Waals surface area contributed by atoms with Gasteiger partial charge >= 0.3 is 12.1 Å². The molecule has 0 amide bonds. The molecule has 2 aromatic rings. The summed E-state index contributed by atoms with van der Waals surface area (Å²) in [4.78, 5) is 12.2. The number of fused-ring (bicyclic) bond motifs is 1. The van der Waals surface area contributed by atoms with Crippen molar-refractivity contribution >= 4 is 45.3 Å². The summed E-state index contributed by atoms with van der Waals surface area (Å²) in [5.41, 5.74) is -0.474. The normalized spacial score (nSPS) is 21.7. The van der Waals surface area contributed by atoms with Crippen LogP contribution in [0.4, 0.5) is 13.2 Å². The number of furan rings is 1. The first-order chi connectivity index (χ1) is 13.6. The summed E-state index contributed by atoms with van der Waals surface area (Å²) in [6.45, 7) is 3.64. The Balaban J connectivity index is 1.78. The molecule has 1 aromatic carbocycles. The fraction of sp³-hybridized carbons (Fsp3) is 0.500. The summed E-state index contributed by atoms with van der Waals surface area (Å²) < 4.78 is 56.3. The van der Waals surface area contributed by atoms with E-state index in [-0.39, 0.29) is 29.7 Å². The van der Waals surface area contributed by atoms with Gasteiger partial charge in [0.1, 0.15) is 16.9 Å². The van der Waals surface area contributed by atoms with Gasteiger partial charge in [0.25, 0.3) is 0 Å². The first kappa shape index (κ1) is 22.0. The fourth-order valence-corrected chi connectivity index (χ4v) is 4.18. The molecule has 0 aliphatic heterocycles. The van der Waals surface area contributed by atoms with Crippen molar-refractivity contribution in [3.8, 4) is 0 Å². The van der Waals surface area contributed by atoms with Crippen LogP contribution in [0, 0.1) is 12.8 Å². The lowest BCUT2D eigenvalue weighted by Crippen LogP contribution is -2.58. The predicted molar refractivity (Wildman–Crippen MR) is 109 cm³/mol. The number of carbonyl (C=O) groups is 1. The minimum Gasteiger partial charge on any atom is -0.462 e. The number of aryl methyl sites for hydroxylation is 1. The Morgan fingerprint density at radius 3 is 2.66 bits per heavy atom. The van der Waals surface area contributed by atoms with E-state index in [0.29, 0.717) is 28.7 Å². The third kappa shape index (κ3) is 4.26. The van der Waals surface area contributed by atoms with E-state index >= 15 is 0 Å². The molecule has 3 rings (SSSR count). The molecule has 0 radical (unpaired) electrons. The van der Waals surface area contributed by atoms with Gasteiger partial charge in [0.05, 0.1) is 6.61 Å². The Labute approximate surface area is 176 Å². The molecule has 1 saturated carbocycles. The van der Waals surface area contributed by atoms with Gasteiger partial charge in [0.2, 0.25) is 9.98 Å². The van der Waals surface area contributed by atoms with E-state index in [0.717, 1.165) is 17.3 Å². The Morgan fingerprint density at radius 2 is 2.07 bits per heavy atom. The molecule has 1 heterocycles. The highest BCUT2D eigenvalue weighted by atomic mass is 32.2. The minimum absolute atomic E-state index is 0.102. The van der Waals surface area contributed by atoms with Gasteiger partial charge in [-0.3, -0.25) is 0 Å². The molecule has 158 valence electrons. The van der Waals surface area contributed by atoms with E-state index in [1.807, 2.05) is 0 Å². The summed E-state index contributed by atoms with van der Waals surface area (Å²) >= 11 is 5.83. The molecule has 0 atom stereocenters. The van der Waals surface area contributed by atoms with Gasteiger partial charge in [-0.05, 0) is 75.2 Å². The van der Waals surface area contributed by atoms with Crippen LogP contribution in [0.15, 0.2) is 22.6 Å². The zero-order valence-corrected chi connectivity index (χ0v) is 17.9. The van der Waals surface area contributed by atoms with Crippen LogP contribution in [0.1, 0.15) is 41.4 Å². The van der Waals surface area contributed by atoms with Crippen LogP contribution in [0.3, 0.4) is 0 Å². The van der Waals surface area contributed by atoms with E-state index in [9.17, 15) is 18.0 Å². The number of esters is 1. The largest absolute Gasteiger partial charge is 0.462 e. The highest BCUT2D eigenvalue weighted by molar-refractivity contribution is 8.22. The van der Waals surface area contributed by atoms with Crippen molar-refractivity contribution in [1.29, 1.82) is 0 Å². The van der Waals surface area contributed by atoms with E-state index in [4.69, 9.17) is 26.1 Å². The van der Waals surface area contributed by atoms with Crippen molar-refractivity contribution in [3.63, 3.8) is 0 Å². The zero-order chi connectivity index (χ0) is 21.4. The van der Waals surface area contributed by atoms with Gasteiger partial charge in [-0.2, -0.15) is 13.2 Å². The van der Waals surface area contributed by atoms with Crippen molar-refractivity contribution in [2.24, 2.45) is 5.92 Å². The molecule has 1 aliphatic carbocycles. The van der Waals surface area contributed by atoms with Gasteiger partial charge in [0.15, 0.2) is 0 Å². The van der Waals surface area contributed by atoms with Crippen LogP contribution in [-0.2, 0) is 15.9 Å². The number of thiocarbonyl (C=S) groups is 1. The van der Waals surface area contributed by atoms with Gasteiger partial charge in [-0.1, -0.05) is 17.8 Å². The van der Waals surface area contributed by atoms with E-state index in [1.165, 1.54) is 0 Å². The average Bonchev–Trinajstić information content (AvgIpc) is 2.93. The Bertz CT molecular complexity index is 930. The first-order valence-electron chi connectivity index (χ1n) is 9.13. The molecule has 1 aromatic heterocycles. The van der Waals surface area contributed by atoms with Crippen molar-refractivity contribution in [3.05, 3.63) is 35.1 Å². The number of alkyl halides is 3. The molecule has 29 heavy (non-hydrogen) atoms. The average molecular weight is 447 g/mol. The van der Waals surface area contributed by atoms with E-state index in [1.54, 1.807) is 38.3 Å². The molecule has 0 unspecified atom stereocenters. The number of benzene rings is 1. The summed E-state index contributed by atoms with van der Waals surface area (Å²) in [6.07, 6.45) is -2.75. The molecular weight excluding hydrogens is 425 g/mol. The molecule has 0 bridgehead atoms. The van der Waals surface area contributed by atoms with Crippen molar-refractivity contribution < 1.29 is 31.9 Å². The fourth-order valence-electron chi connectivity index (χ4n) is 3.78. The highest BCUT2D eigenvalue weighted by Crippen LogP contribution is 2.53. The number of hydrogen-bond acceptors (Lipinski definition) is 6. The van der Waals surface area contributed by atoms with Crippen LogP contribution in [0.2, 0.25) is 0 Å². The second-order valence-electron chi connectivity index (χ2n) is 7.11. The van der Waals surface area contributed by atoms with E-state index < -0.39 is 17.7 Å². The van der Waals surface area contributed by atoms with Gasteiger partial charge in [0, 0.05) is 5.39 Å². The second-order valence-corrected chi connectivity index (χ2v) is 8.52. The standard InChI is InChI=1S/C20H21F3O4S2/c1-4-25-17(24)16-11(2)26-15-6-5-12(8-14(15)16)7-13-9-19(10-13,20(21,22)23)27-18(28)29-3/h5-6,8,13H,4,7,9-10H2,1-3H3. The van der Waals surface area contributed by atoms with E-state index in [2.05, 4.69) is 0 Å². The molecular formula is C20H21F3O4S2. The number of thioether (sulfide) groups is 1. The molecule has 0 N–H and O–H groups in total. The third-order valence-corrected chi connectivity index (χ3v) is 6.13. The van der Waals surface area contributed by atoms with Crippen LogP contribution >= 0.6 is 24.0 Å². The first-order valence-corrected chi connectivity index (χ1v) is 10.8. The maximum atomic E-state index is 13.5. The smallest absolute Gasteiger partial charge is 0.428 e. The topological polar surface area (TPSA) is 48.7 Å². The second kappa shape index (κ2) is 8.18. The van der Waals surface area contributed by atoms with Gasteiger partial charge in [-0.15, -0.1) is 0 Å². The number of ether oxygens (including phenoxy) is 2. The Morgan fingerprint density at radius 1 is 1.38 bits per heavy atom. The summed E-state index contributed by atoms with van der Waals surface area (Å²) in [5, 5.41) is 0.611. The number of hydrogen-bond donors (Lipinski definition) is 0. The van der Waals surface area contributed by atoms with Gasteiger partial charge < -0.3 is 13.9 Å². The Hall–Kier alpha value is -1.74. The molecule has 1 aliphatic rings. The number of carbonyl (C=O) groups excluding carboxylic acids is 1. The lowest BCUT2D eigenvalue weighted by molar-refractivity contribution is -0.290. The van der Waals surface area contributed by atoms with Gasteiger partial charge in [-0.25, -0.2) is 4.79 Å². The highest BCUT2D eigenvalue weighted by Gasteiger charge is 2.64. The SMILES string of the molecule is CCOC(=O)c1c(C)oc2ccc(CC3CC(OC(=S)SC)(C(F)(F)F)C3)cc12. The Kier molecular flexibility index (Phi) is 6.19. The molecule has 0 spiro atoms. The summed E-state index contributed by atoms with van der Waals surface area (Å²) in [6, 6.07) is 5.33. The number of rotatable bonds is 5. The maximum absolute atomic E-state index is 13.5. The van der Waals surface area contributed by atoms with Crippen LogP contribution in [0.5, 0.6) is 0 Å². The lowest BCUT2D eigenvalue weighted by atomic mass is 9.68. The van der Waals surface area contributed by atoms with Crippen molar-refractivity contribution in [2.45, 2.75) is 44.9 Å². The quantitative estimate of drug-likeness (QED) is 0.425. The molecule has 1 fully saturated rings.